The number of halogens is 1. The van der Waals surface area contributed by atoms with E-state index in [2.05, 4.69) is 15.5 Å². The molecule has 0 amide bonds. The maximum atomic E-state index is 11.1. The van der Waals surface area contributed by atoms with Crippen LogP contribution in [0.2, 0.25) is 5.02 Å². The number of aromatic nitrogens is 2. The van der Waals surface area contributed by atoms with Gasteiger partial charge in [0.1, 0.15) is 5.75 Å². The molecule has 2 rings (SSSR count). The highest BCUT2D eigenvalue weighted by Crippen LogP contribution is 2.14. The Morgan fingerprint density at radius 3 is 2.63 bits per heavy atom. The number of benzene rings is 1. The first kappa shape index (κ1) is 13.8. The van der Waals surface area contributed by atoms with Crippen molar-refractivity contribution >= 4 is 27.1 Å². The number of hydrogen-bond donors (Lipinski definition) is 1. The van der Waals surface area contributed by atoms with Crippen molar-refractivity contribution in [3.05, 3.63) is 41.0 Å². The second-order valence-electron chi connectivity index (χ2n) is 4.03. The van der Waals surface area contributed by atoms with Gasteiger partial charge in [0.15, 0.2) is 15.7 Å². The summed E-state index contributed by atoms with van der Waals surface area (Å²) in [6, 6.07) is 7.14. The predicted molar refractivity (Wildman–Crippen MR) is 71.6 cm³/mol. The maximum Gasteiger partial charge on any atom is 0.245 e. The summed E-state index contributed by atoms with van der Waals surface area (Å²) < 4.78 is 27.1. The Hall–Kier alpha value is -1.60. The van der Waals surface area contributed by atoms with Gasteiger partial charge in [-0.15, -0.1) is 0 Å². The van der Waals surface area contributed by atoms with Crippen LogP contribution in [-0.2, 0) is 22.1 Å². The number of sulfone groups is 1. The molecule has 0 fully saturated rings. The molecule has 0 aliphatic carbocycles. The van der Waals surface area contributed by atoms with E-state index >= 15 is 0 Å². The summed E-state index contributed by atoms with van der Waals surface area (Å²) in [5.74, 6) is 0.265. The van der Waals surface area contributed by atoms with Gasteiger partial charge in [0, 0.05) is 17.0 Å². The number of hydrogen-bond acceptors (Lipinski definition) is 6. The van der Waals surface area contributed by atoms with E-state index in [1.165, 1.54) is 0 Å². The molecule has 1 heterocycles. The molecule has 0 spiro atoms. The van der Waals surface area contributed by atoms with E-state index in [9.17, 15) is 8.42 Å². The summed E-state index contributed by atoms with van der Waals surface area (Å²) in [5.41, 5.74) is 0.854. The first-order chi connectivity index (χ1) is 8.92. The van der Waals surface area contributed by atoms with Crippen LogP contribution in [0, 0.1) is 0 Å². The van der Waals surface area contributed by atoms with Crippen LogP contribution in [0.1, 0.15) is 11.7 Å². The highest BCUT2D eigenvalue weighted by atomic mass is 35.5. The lowest BCUT2D eigenvalue weighted by molar-refractivity contribution is 0.379. The zero-order valence-corrected chi connectivity index (χ0v) is 11.7. The molecule has 19 heavy (non-hydrogen) atoms. The first-order valence-electron chi connectivity index (χ1n) is 5.41. The molecule has 102 valence electrons. The highest BCUT2D eigenvalue weighted by molar-refractivity contribution is 7.89. The normalized spacial score (nSPS) is 11.5. The lowest BCUT2D eigenvalue weighted by Gasteiger charge is -2.02. The van der Waals surface area contributed by atoms with Crippen molar-refractivity contribution in [2.75, 3.05) is 11.6 Å². The van der Waals surface area contributed by atoms with Crippen molar-refractivity contribution in [3.63, 3.8) is 0 Å². The van der Waals surface area contributed by atoms with Crippen LogP contribution < -0.4 is 5.32 Å². The molecule has 0 saturated heterocycles. The third kappa shape index (κ3) is 4.53. The smallest absolute Gasteiger partial charge is 0.245 e. The third-order valence-corrected chi connectivity index (χ3v) is 3.22. The monoisotopic (exact) mass is 301 g/mol. The van der Waals surface area contributed by atoms with Gasteiger partial charge >= 0.3 is 0 Å². The van der Waals surface area contributed by atoms with Gasteiger partial charge in [0.05, 0.1) is 6.54 Å². The molecule has 0 atom stereocenters. The molecule has 0 radical (unpaired) electrons. The fourth-order valence-corrected chi connectivity index (χ4v) is 2.11. The van der Waals surface area contributed by atoms with Crippen molar-refractivity contribution in [2.45, 2.75) is 12.3 Å². The van der Waals surface area contributed by atoms with E-state index < -0.39 is 9.84 Å². The van der Waals surface area contributed by atoms with Crippen molar-refractivity contribution < 1.29 is 12.9 Å². The Bertz CT molecular complexity index is 652. The Morgan fingerprint density at radius 2 is 2.00 bits per heavy atom. The fraction of sp³-hybridized carbons (Fsp3) is 0.273. The van der Waals surface area contributed by atoms with E-state index in [0.717, 1.165) is 11.9 Å². The van der Waals surface area contributed by atoms with Crippen molar-refractivity contribution in [1.82, 2.24) is 10.1 Å². The SMILES string of the molecule is CS(=O)(=O)Cc1noc(CNc2ccc(Cl)cc2)n1. The van der Waals surface area contributed by atoms with Gasteiger partial charge in [-0.1, -0.05) is 16.8 Å². The minimum atomic E-state index is -3.16. The number of rotatable bonds is 5. The molecule has 1 N–H and O–H groups in total. The summed E-state index contributed by atoms with van der Waals surface area (Å²) >= 11 is 5.77. The van der Waals surface area contributed by atoms with E-state index in [1.807, 2.05) is 12.1 Å². The van der Waals surface area contributed by atoms with Gasteiger partial charge in [-0.05, 0) is 24.3 Å². The van der Waals surface area contributed by atoms with E-state index in [1.54, 1.807) is 12.1 Å². The molecule has 2 aromatic rings. The highest BCUT2D eigenvalue weighted by Gasteiger charge is 2.11. The topological polar surface area (TPSA) is 85.1 Å². The van der Waals surface area contributed by atoms with Gasteiger partial charge < -0.3 is 9.84 Å². The standard InChI is InChI=1S/C11H12ClN3O3S/c1-19(16,17)7-10-14-11(18-15-10)6-13-9-4-2-8(12)3-5-9/h2-5,13H,6-7H2,1H3. The van der Waals surface area contributed by atoms with Gasteiger partial charge in [-0.25, -0.2) is 8.42 Å². The molecular weight excluding hydrogens is 290 g/mol. The molecule has 8 heteroatoms. The van der Waals surface area contributed by atoms with Crippen LogP contribution in [0.3, 0.4) is 0 Å². The van der Waals surface area contributed by atoms with Gasteiger partial charge in [0.25, 0.3) is 0 Å². The molecule has 1 aromatic heterocycles. The van der Waals surface area contributed by atoms with Crippen molar-refractivity contribution in [2.24, 2.45) is 0 Å². The molecule has 0 unspecified atom stereocenters. The first-order valence-corrected chi connectivity index (χ1v) is 7.85. The Labute approximate surface area is 115 Å². The second-order valence-corrected chi connectivity index (χ2v) is 6.61. The quantitative estimate of drug-likeness (QED) is 0.907. The molecule has 0 bridgehead atoms. The van der Waals surface area contributed by atoms with Crippen LogP contribution in [0.15, 0.2) is 28.8 Å². The van der Waals surface area contributed by atoms with E-state index in [-0.39, 0.29) is 11.6 Å². The largest absolute Gasteiger partial charge is 0.376 e. The Balaban J connectivity index is 1.95. The molecule has 6 nitrogen and oxygen atoms in total. The van der Waals surface area contributed by atoms with Crippen LogP contribution in [0.4, 0.5) is 5.69 Å². The molecule has 0 aliphatic heterocycles. The number of nitrogens with zero attached hydrogens (tertiary/aromatic N) is 2. The minimum Gasteiger partial charge on any atom is -0.376 e. The minimum absolute atomic E-state index is 0.162. The second kappa shape index (κ2) is 5.58. The van der Waals surface area contributed by atoms with Gasteiger partial charge in [0.2, 0.25) is 5.89 Å². The molecular formula is C11H12ClN3O3S. The fourth-order valence-electron chi connectivity index (χ4n) is 1.40. The van der Waals surface area contributed by atoms with Gasteiger partial charge in [-0.2, -0.15) is 4.98 Å². The van der Waals surface area contributed by atoms with Crippen LogP contribution in [0.5, 0.6) is 0 Å². The third-order valence-electron chi connectivity index (χ3n) is 2.19. The van der Waals surface area contributed by atoms with Crippen molar-refractivity contribution in [3.8, 4) is 0 Å². The van der Waals surface area contributed by atoms with E-state index in [4.69, 9.17) is 16.1 Å². The summed E-state index contributed by atoms with van der Waals surface area (Å²) in [7, 11) is -3.16. The van der Waals surface area contributed by atoms with Gasteiger partial charge in [-0.3, -0.25) is 0 Å². The zero-order chi connectivity index (χ0) is 13.9. The summed E-state index contributed by atoms with van der Waals surface area (Å²) in [5, 5.41) is 7.31. The number of nitrogens with one attached hydrogen (secondary N) is 1. The predicted octanol–water partition coefficient (Wildman–Crippen LogP) is 1.88. The van der Waals surface area contributed by atoms with Crippen LogP contribution in [0.25, 0.3) is 0 Å². The van der Waals surface area contributed by atoms with Crippen LogP contribution in [-0.4, -0.2) is 24.8 Å². The summed E-state index contributed by atoms with van der Waals surface area (Å²) in [4.78, 5) is 3.98. The average Bonchev–Trinajstić information content (AvgIpc) is 2.73. The maximum absolute atomic E-state index is 11.1. The Kier molecular flexibility index (Phi) is 4.06. The lowest BCUT2D eigenvalue weighted by atomic mass is 10.3. The Morgan fingerprint density at radius 1 is 1.32 bits per heavy atom. The summed E-state index contributed by atoms with van der Waals surface area (Å²) in [6.07, 6.45) is 1.12. The van der Waals surface area contributed by atoms with Crippen molar-refractivity contribution in [1.29, 1.82) is 0 Å². The average molecular weight is 302 g/mol. The van der Waals surface area contributed by atoms with Crippen LogP contribution >= 0.6 is 11.6 Å². The van der Waals surface area contributed by atoms with E-state index in [0.29, 0.717) is 17.5 Å². The zero-order valence-electron chi connectivity index (χ0n) is 10.1. The summed E-state index contributed by atoms with van der Waals surface area (Å²) in [6.45, 7) is 0.318. The molecule has 0 saturated carbocycles. The molecule has 0 aliphatic rings. The lowest BCUT2D eigenvalue weighted by Crippen LogP contribution is -2.03. The number of anilines is 1. The molecule has 1 aromatic carbocycles.